The summed E-state index contributed by atoms with van der Waals surface area (Å²) in [5.74, 6) is 0.852. The van der Waals surface area contributed by atoms with Gasteiger partial charge in [-0.3, -0.25) is 0 Å². The van der Waals surface area contributed by atoms with Crippen LogP contribution in [0.15, 0.2) is 42.5 Å². The highest BCUT2D eigenvalue weighted by molar-refractivity contribution is 6.31. The van der Waals surface area contributed by atoms with Crippen LogP contribution in [0.25, 0.3) is 0 Å². The molecule has 31 heavy (non-hydrogen) atoms. The lowest BCUT2D eigenvalue weighted by molar-refractivity contribution is -0.316. The number of rotatable bonds is 7. The van der Waals surface area contributed by atoms with E-state index in [-0.39, 0.29) is 12.7 Å². The molecule has 2 bridgehead atoms. The summed E-state index contributed by atoms with van der Waals surface area (Å²) in [6.07, 6.45) is 2.29. The molecular weight excluding hydrogens is 416 g/mol. The fraction of sp³-hybridized carbons (Fsp3) is 0.520. The van der Waals surface area contributed by atoms with Crippen LogP contribution in [0.5, 0.6) is 5.75 Å². The SMILES string of the molecule is CCOc1ccc(Cc2cc([C@]34CCCC(CO)(O3)C(O)CC4OC)ccc2Cl)cc1. The van der Waals surface area contributed by atoms with E-state index in [2.05, 4.69) is 18.2 Å². The van der Waals surface area contributed by atoms with Crippen LogP contribution < -0.4 is 4.74 Å². The Bertz CT molecular complexity index is 901. The van der Waals surface area contributed by atoms with Gasteiger partial charge in [-0.2, -0.15) is 0 Å². The summed E-state index contributed by atoms with van der Waals surface area (Å²) in [6.45, 7) is 2.40. The summed E-state index contributed by atoms with van der Waals surface area (Å²) in [5.41, 5.74) is 1.46. The van der Waals surface area contributed by atoms with Gasteiger partial charge in [0.05, 0.1) is 25.4 Å². The van der Waals surface area contributed by atoms with Gasteiger partial charge < -0.3 is 24.4 Å². The number of halogens is 1. The van der Waals surface area contributed by atoms with Gasteiger partial charge in [-0.15, -0.1) is 0 Å². The van der Waals surface area contributed by atoms with Crippen molar-refractivity contribution in [2.75, 3.05) is 20.3 Å². The maximum Gasteiger partial charge on any atom is 0.120 e. The summed E-state index contributed by atoms with van der Waals surface area (Å²) in [6, 6.07) is 14.0. The fourth-order valence-electron chi connectivity index (χ4n) is 5.14. The highest BCUT2D eigenvalue weighted by Crippen LogP contribution is 2.52. The lowest BCUT2D eigenvalue weighted by atomic mass is 9.69. The molecule has 2 N–H and O–H groups in total. The number of hydrogen-bond donors (Lipinski definition) is 2. The molecule has 0 saturated carbocycles. The van der Waals surface area contributed by atoms with Crippen molar-refractivity contribution in [2.45, 2.75) is 62.4 Å². The maximum atomic E-state index is 10.7. The Morgan fingerprint density at radius 3 is 2.61 bits per heavy atom. The predicted octanol–water partition coefficient (Wildman–Crippen LogP) is 4.24. The molecular formula is C25H31ClO5. The first kappa shape index (κ1) is 22.6. The van der Waals surface area contributed by atoms with Crippen molar-refractivity contribution in [3.05, 3.63) is 64.2 Å². The standard InChI is InChI=1S/C25H31ClO5/c1-3-30-20-8-5-17(6-9-20)13-18-14-19(7-10-21(18)26)25-12-4-11-24(16-27,31-25)22(28)15-23(25)29-2/h5-10,14,22-23,27-28H,3-4,11-13,15-16H2,1-2H3/t22?,23?,24?,25-/m0/s1. The zero-order valence-electron chi connectivity index (χ0n) is 18.1. The molecule has 3 unspecified atom stereocenters. The topological polar surface area (TPSA) is 68.2 Å². The number of aliphatic hydroxyl groups excluding tert-OH is 2. The van der Waals surface area contributed by atoms with Crippen LogP contribution in [0.4, 0.5) is 0 Å². The van der Waals surface area contributed by atoms with Gasteiger partial charge in [-0.25, -0.2) is 0 Å². The third kappa shape index (κ3) is 4.10. The van der Waals surface area contributed by atoms with Gasteiger partial charge in [0.2, 0.25) is 0 Å². The van der Waals surface area contributed by atoms with Gasteiger partial charge in [-0.05, 0) is 67.5 Å². The predicted molar refractivity (Wildman–Crippen MR) is 120 cm³/mol. The Morgan fingerprint density at radius 1 is 1.16 bits per heavy atom. The Labute approximate surface area is 188 Å². The van der Waals surface area contributed by atoms with Crippen LogP contribution in [-0.4, -0.2) is 48.3 Å². The quantitative estimate of drug-likeness (QED) is 0.666. The third-order valence-corrected chi connectivity index (χ3v) is 7.18. The molecule has 2 saturated heterocycles. The second-order valence-electron chi connectivity index (χ2n) is 8.60. The molecule has 168 valence electrons. The van der Waals surface area contributed by atoms with Crippen molar-refractivity contribution in [1.29, 1.82) is 0 Å². The highest BCUT2D eigenvalue weighted by Gasteiger charge is 2.59. The van der Waals surface area contributed by atoms with Crippen molar-refractivity contribution in [3.63, 3.8) is 0 Å². The molecule has 6 heteroatoms. The van der Waals surface area contributed by atoms with Crippen LogP contribution in [0.2, 0.25) is 5.02 Å². The van der Waals surface area contributed by atoms with E-state index in [9.17, 15) is 10.2 Å². The third-order valence-electron chi connectivity index (χ3n) is 6.81. The van der Waals surface area contributed by atoms with Crippen molar-refractivity contribution in [3.8, 4) is 5.75 Å². The van der Waals surface area contributed by atoms with Crippen molar-refractivity contribution in [1.82, 2.24) is 0 Å². The summed E-state index contributed by atoms with van der Waals surface area (Å²) < 4.78 is 17.9. The molecule has 0 spiro atoms. The van der Waals surface area contributed by atoms with E-state index in [1.807, 2.05) is 31.2 Å². The monoisotopic (exact) mass is 446 g/mol. The van der Waals surface area contributed by atoms with Crippen LogP contribution in [-0.2, 0) is 21.5 Å². The van der Waals surface area contributed by atoms with Crippen LogP contribution >= 0.6 is 11.6 Å². The number of aliphatic hydroxyl groups is 2. The largest absolute Gasteiger partial charge is 0.494 e. The van der Waals surface area contributed by atoms with Crippen LogP contribution in [0.3, 0.4) is 0 Å². The molecule has 2 aromatic carbocycles. The van der Waals surface area contributed by atoms with E-state index in [0.29, 0.717) is 30.9 Å². The molecule has 5 nitrogen and oxygen atoms in total. The number of fused-ring (bicyclic) bond motifs is 2. The first-order chi connectivity index (χ1) is 15.0. The van der Waals surface area contributed by atoms with Gasteiger partial charge in [0.1, 0.15) is 17.0 Å². The number of benzene rings is 2. The lowest BCUT2D eigenvalue weighted by Crippen LogP contribution is -2.65. The second-order valence-corrected chi connectivity index (χ2v) is 9.01. The smallest absolute Gasteiger partial charge is 0.120 e. The van der Waals surface area contributed by atoms with Gasteiger partial charge >= 0.3 is 0 Å². The first-order valence-electron chi connectivity index (χ1n) is 11.0. The van der Waals surface area contributed by atoms with Gasteiger partial charge in [0, 0.05) is 18.6 Å². The minimum atomic E-state index is -0.942. The maximum absolute atomic E-state index is 10.7. The van der Waals surface area contributed by atoms with Crippen molar-refractivity contribution >= 4 is 11.6 Å². The summed E-state index contributed by atoms with van der Waals surface area (Å²) in [7, 11) is 1.65. The Morgan fingerprint density at radius 2 is 1.94 bits per heavy atom. The summed E-state index contributed by atoms with van der Waals surface area (Å²) in [5, 5.41) is 21.5. The normalized spacial score (nSPS) is 30.2. The van der Waals surface area contributed by atoms with Gasteiger partial charge in [0.25, 0.3) is 0 Å². The number of hydrogen-bond acceptors (Lipinski definition) is 5. The summed E-state index contributed by atoms with van der Waals surface area (Å²) in [4.78, 5) is 0. The van der Waals surface area contributed by atoms with E-state index < -0.39 is 17.3 Å². The van der Waals surface area contributed by atoms with E-state index in [4.69, 9.17) is 25.8 Å². The highest BCUT2D eigenvalue weighted by atomic mass is 35.5. The Kier molecular flexibility index (Phi) is 6.61. The second kappa shape index (κ2) is 9.08. The van der Waals surface area contributed by atoms with Crippen LogP contribution in [0.1, 0.15) is 49.3 Å². The number of methoxy groups -OCH3 is 1. The van der Waals surface area contributed by atoms with Crippen molar-refractivity contribution < 1.29 is 24.4 Å². The zero-order valence-corrected chi connectivity index (χ0v) is 18.9. The molecule has 2 aliphatic rings. The van der Waals surface area contributed by atoms with E-state index in [0.717, 1.165) is 35.3 Å². The molecule has 2 aromatic rings. The van der Waals surface area contributed by atoms with Gasteiger partial charge in [-0.1, -0.05) is 35.9 Å². The molecule has 0 aliphatic carbocycles. The van der Waals surface area contributed by atoms with Crippen LogP contribution in [0, 0.1) is 0 Å². The Hall–Kier alpha value is -1.63. The minimum Gasteiger partial charge on any atom is -0.494 e. The van der Waals surface area contributed by atoms with Gasteiger partial charge in [0.15, 0.2) is 0 Å². The van der Waals surface area contributed by atoms with Crippen molar-refractivity contribution in [2.24, 2.45) is 0 Å². The molecule has 2 heterocycles. The molecule has 0 aromatic heterocycles. The summed E-state index contributed by atoms with van der Waals surface area (Å²) >= 11 is 6.57. The Balaban J connectivity index is 1.67. The molecule has 2 aliphatic heterocycles. The molecule has 2 fully saturated rings. The minimum absolute atomic E-state index is 0.209. The molecule has 4 rings (SSSR count). The zero-order chi connectivity index (χ0) is 22.1. The first-order valence-corrected chi connectivity index (χ1v) is 11.4. The fourth-order valence-corrected chi connectivity index (χ4v) is 5.32. The lowest BCUT2D eigenvalue weighted by Gasteiger charge is -2.57. The number of ether oxygens (including phenoxy) is 3. The molecule has 0 radical (unpaired) electrons. The average molecular weight is 447 g/mol. The average Bonchev–Trinajstić information content (AvgIpc) is 2.79. The van der Waals surface area contributed by atoms with E-state index >= 15 is 0 Å². The molecule has 0 amide bonds. The van der Waals surface area contributed by atoms with E-state index in [1.54, 1.807) is 7.11 Å². The van der Waals surface area contributed by atoms with E-state index in [1.165, 1.54) is 0 Å². The molecule has 4 atom stereocenters.